The Hall–Kier alpha value is -2.76. The summed E-state index contributed by atoms with van der Waals surface area (Å²) in [5.41, 5.74) is 3.61. The van der Waals surface area contributed by atoms with Crippen molar-refractivity contribution in [2.24, 2.45) is 5.92 Å². The highest BCUT2D eigenvalue weighted by Crippen LogP contribution is 2.20. The molecule has 1 aliphatic rings. The van der Waals surface area contributed by atoms with Crippen LogP contribution < -0.4 is 0 Å². The number of piperidine rings is 1. The molecule has 0 bridgehead atoms. The molecule has 0 N–H and O–H groups in total. The summed E-state index contributed by atoms with van der Waals surface area (Å²) in [7, 11) is 0. The molecule has 0 aliphatic carbocycles. The fraction of sp³-hybridized carbons (Fsp3) is 0.368. The summed E-state index contributed by atoms with van der Waals surface area (Å²) in [6.45, 7) is 5.76. The van der Waals surface area contributed by atoms with E-state index in [0.717, 1.165) is 36.6 Å². The van der Waals surface area contributed by atoms with E-state index in [1.807, 2.05) is 42.2 Å². The Morgan fingerprint density at radius 1 is 1.24 bits per heavy atom. The van der Waals surface area contributed by atoms with Crippen LogP contribution >= 0.6 is 0 Å². The van der Waals surface area contributed by atoms with Crippen LogP contribution in [0.25, 0.3) is 17.0 Å². The van der Waals surface area contributed by atoms with Gasteiger partial charge in [0.2, 0.25) is 0 Å². The van der Waals surface area contributed by atoms with E-state index in [-0.39, 0.29) is 5.91 Å². The Balaban J connectivity index is 1.70. The SMILES string of the molecule is Cc1cc(C(=O)N2CCCC(C)C2)nc2cc(-c3ccccn3)nn12. The van der Waals surface area contributed by atoms with Gasteiger partial charge in [-0.1, -0.05) is 13.0 Å². The summed E-state index contributed by atoms with van der Waals surface area (Å²) in [5, 5.41) is 4.57. The quantitative estimate of drug-likeness (QED) is 0.722. The van der Waals surface area contributed by atoms with Crippen molar-refractivity contribution in [3.63, 3.8) is 0 Å². The molecule has 0 aromatic carbocycles. The summed E-state index contributed by atoms with van der Waals surface area (Å²) in [6, 6.07) is 9.42. The minimum absolute atomic E-state index is 0.0118. The summed E-state index contributed by atoms with van der Waals surface area (Å²) in [4.78, 5) is 23.7. The van der Waals surface area contributed by atoms with Crippen molar-refractivity contribution in [1.82, 2.24) is 24.5 Å². The number of amides is 1. The Kier molecular flexibility index (Phi) is 3.95. The molecule has 1 saturated heterocycles. The molecule has 6 heteroatoms. The molecule has 1 amide bonds. The lowest BCUT2D eigenvalue weighted by atomic mass is 10.00. The number of hydrogen-bond donors (Lipinski definition) is 0. The first-order valence-electron chi connectivity index (χ1n) is 8.70. The number of carbonyl (C=O) groups excluding carboxylic acids is 1. The molecule has 4 rings (SSSR count). The topological polar surface area (TPSA) is 63.4 Å². The normalized spacial score (nSPS) is 17.8. The summed E-state index contributed by atoms with van der Waals surface area (Å²) in [6.07, 6.45) is 3.99. The second-order valence-electron chi connectivity index (χ2n) is 6.80. The highest BCUT2D eigenvalue weighted by Gasteiger charge is 2.24. The highest BCUT2D eigenvalue weighted by atomic mass is 16.2. The predicted molar refractivity (Wildman–Crippen MR) is 95.3 cm³/mol. The molecule has 25 heavy (non-hydrogen) atoms. The van der Waals surface area contributed by atoms with Crippen molar-refractivity contribution in [3.05, 3.63) is 47.9 Å². The van der Waals surface area contributed by atoms with Gasteiger partial charge in [0.15, 0.2) is 5.65 Å². The fourth-order valence-corrected chi connectivity index (χ4v) is 3.41. The zero-order chi connectivity index (χ0) is 17.4. The van der Waals surface area contributed by atoms with Gasteiger partial charge in [0, 0.05) is 31.0 Å². The molecular formula is C19H21N5O. The molecule has 128 valence electrons. The third-order valence-electron chi connectivity index (χ3n) is 4.70. The van der Waals surface area contributed by atoms with Gasteiger partial charge in [-0.3, -0.25) is 9.78 Å². The average Bonchev–Trinajstić information content (AvgIpc) is 3.07. The van der Waals surface area contributed by atoms with Crippen LogP contribution in [0.4, 0.5) is 0 Å². The highest BCUT2D eigenvalue weighted by molar-refractivity contribution is 5.93. The number of fused-ring (bicyclic) bond motifs is 1. The number of rotatable bonds is 2. The smallest absolute Gasteiger partial charge is 0.272 e. The second kappa shape index (κ2) is 6.27. The first-order chi connectivity index (χ1) is 12.1. The van der Waals surface area contributed by atoms with Crippen molar-refractivity contribution in [3.8, 4) is 11.4 Å². The zero-order valence-corrected chi connectivity index (χ0v) is 14.5. The van der Waals surface area contributed by atoms with Gasteiger partial charge in [0.1, 0.15) is 11.4 Å². The van der Waals surface area contributed by atoms with Crippen LogP contribution in [0.5, 0.6) is 0 Å². The minimum atomic E-state index is 0.0118. The van der Waals surface area contributed by atoms with Crippen LogP contribution in [-0.4, -0.2) is 43.5 Å². The molecule has 0 spiro atoms. The van der Waals surface area contributed by atoms with E-state index in [9.17, 15) is 4.79 Å². The Morgan fingerprint density at radius 3 is 2.88 bits per heavy atom. The number of aryl methyl sites for hydroxylation is 1. The average molecular weight is 335 g/mol. The summed E-state index contributed by atoms with van der Waals surface area (Å²) >= 11 is 0. The lowest BCUT2D eigenvalue weighted by molar-refractivity contribution is 0.0677. The van der Waals surface area contributed by atoms with E-state index in [0.29, 0.717) is 17.3 Å². The third-order valence-corrected chi connectivity index (χ3v) is 4.70. The molecule has 4 heterocycles. The number of aromatic nitrogens is 4. The maximum atomic E-state index is 12.8. The lowest BCUT2D eigenvalue weighted by Gasteiger charge is -2.30. The standard InChI is InChI=1S/C19H21N5O/c1-13-6-5-9-23(12-13)19(25)17-10-14(2)24-18(21-17)11-16(22-24)15-7-3-4-8-20-15/h3-4,7-8,10-11,13H,5-6,9,12H2,1-2H3. The van der Waals surface area contributed by atoms with Gasteiger partial charge in [0.05, 0.1) is 5.69 Å². The number of nitrogens with zero attached hydrogens (tertiary/aromatic N) is 5. The molecule has 3 aromatic rings. The summed E-state index contributed by atoms with van der Waals surface area (Å²) < 4.78 is 1.76. The van der Waals surface area contributed by atoms with Crippen molar-refractivity contribution in [2.45, 2.75) is 26.7 Å². The van der Waals surface area contributed by atoms with Crippen LogP contribution in [0.1, 0.15) is 35.9 Å². The minimum Gasteiger partial charge on any atom is -0.337 e. The molecule has 1 fully saturated rings. The number of hydrogen-bond acceptors (Lipinski definition) is 4. The van der Waals surface area contributed by atoms with E-state index in [1.54, 1.807) is 10.7 Å². The van der Waals surface area contributed by atoms with Crippen molar-refractivity contribution in [2.75, 3.05) is 13.1 Å². The van der Waals surface area contributed by atoms with Gasteiger partial charge in [-0.15, -0.1) is 0 Å². The molecule has 1 atom stereocenters. The second-order valence-corrected chi connectivity index (χ2v) is 6.80. The Bertz CT molecular complexity index is 918. The van der Waals surface area contributed by atoms with Crippen LogP contribution in [0.15, 0.2) is 36.5 Å². The van der Waals surface area contributed by atoms with Crippen molar-refractivity contribution < 1.29 is 4.79 Å². The maximum Gasteiger partial charge on any atom is 0.272 e. The van der Waals surface area contributed by atoms with E-state index in [2.05, 4.69) is 22.0 Å². The summed E-state index contributed by atoms with van der Waals surface area (Å²) in [5.74, 6) is 0.561. The van der Waals surface area contributed by atoms with E-state index < -0.39 is 0 Å². The molecule has 0 saturated carbocycles. The van der Waals surface area contributed by atoms with Crippen LogP contribution in [0.3, 0.4) is 0 Å². The first kappa shape index (κ1) is 15.7. The number of likely N-dealkylation sites (tertiary alicyclic amines) is 1. The molecule has 6 nitrogen and oxygen atoms in total. The van der Waals surface area contributed by atoms with Crippen molar-refractivity contribution in [1.29, 1.82) is 0 Å². The fourth-order valence-electron chi connectivity index (χ4n) is 3.41. The molecule has 1 unspecified atom stereocenters. The molecule has 0 radical (unpaired) electrons. The van der Waals surface area contributed by atoms with E-state index in [1.165, 1.54) is 6.42 Å². The predicted octanol–water partition coefficient (Wildman–Crippen LogP) is 2.97. The van der Waals surface area contributed by atoms with Gasteiger partial charge >= 0.3 is 0 Å². The molecule has 1 aliphatic heterocycles. The Labute approximate surface area is 146 Å². The first-order valence-corrected chi connectivity index (χ1v) is 8.70. The van der Waals surface area contributed by atoms with Gasteiger partial charge < -0.3 is 4.90 Å². The maximum absolute atomic E-state index is 12.8. The van der Waals surface area contributed by atoms with Gasteiger partial charge in [-0.2, -0.15) is 5.10 Å². The third kappa shape index (κ3) is 2.99. The van der Waals surface area contributed by atoms with Crippen LogP contribution in [0, 0.1) is 12.8 Å². The Morgan fingerprint density at radius 2 is 2.12 bits per heavy atom. The largest absolute Gasteiger partial charge is 0.337 e. The number of pyridine rings is 1. The van der Waals surface area contributed by atoms with Gasteiger partial charge in [-0.05, 0) is 43.9 Å². The van der Waals surface area contributed by atoms with E-state index >= 15 is 0 Å². The van der Waals surface area contributed by atoms with Crippen LogP contribution in [-0.2, 0) is 0 Å². The lowest BCUT2D eigenvalue weighted by Crippen LogP contribution is -2.39. The monoisotopic (exact) mass is 335 g/mol. The van der Waals surface area contributed by atoms with Crippen molar-refractivity contribution >= 4 is 11.6 Å². The molecule has 3 aromatic heterocycles. The number of carbonyl (C=O) groups is 1. The van der Waals surface area contributed by atoms with E-state index in [4.69, 9.17) is 0 Å². The molecular weight excluding hydrogens is 314 g/mol. The zero-order valence-electron chi connectivity index (χ0n) is 14.5. The van der Waals surface area contributed by atoms with Crippen LogP contribution in [0.2, 0.25) is 0 Å². The van der Waals surface area contributed by atoms with Gasteiger partial charge in [-0.25, -0.2) is 9.50 Å². The van der Waals surface area contributed by atoms with Gasteiger partial charge in [0.25, 0.3) is 5.91 Å².